The average molecular weight is 388 g/mol. The van der Waals surface area contributed by atoms with E-state index in [1.54, 1.807) is 0 Å². The molecule has 0 aromatic heterocycles. The van der Waals surface area contributed by atoms with Gasteiger partial charge in [-0.3, -0.25) is 5.43 Å². The second kappa shape index (κ2) is 11.8. The summed E-state index contributed by atoms with van der Waals surface area (Å²) in [5.74, 6) is 0.852. The van der Waals surface area contributed by atoms with Gasteiger partial charge in [0, 0.05) is 42.4 Å². The summed E-state index contributed by atoms with van der Waals surface area (Å²) in [4.78, 5) is 0. The zero-order chi connectivity index (χ0) is 19.5. The lowest BCUT2D eigenvalue weighted by atomic mass is 9.87. The van der Waals surface area contributed by atoms with Gasteiger partial charge in [-0.05, 0) is 35.6 Å². The molecule has 2 rings (SSSR count). The first-order chi connectivity index (χ1) is 13.2. The van der Waals surface area contributed by atoms with Crippen molar-refractivity contribution in [2.45, 2.75) is 26.2 Å². The largest absolute Gasteiger partial charge is 0.395 e. The Labute approximate surface area is 167 Å². The fourth-order valence-electron chi connectivity index (χ4n) is 3.09. The molecule has 1 heterocycles. The number of hydrogen-bond acceptors (Lipinski definition) is 4. The number of aliphatic hydroxyl groups is 1. The second-order valence-electron chi connectivity index (χ2n) is 6.71. The van der Waals surface area contributed by atoms with E-state index in [0.717, 1.165) is 18.0 Å². The molecular formula is C22H30ClN3O. The SMILES string of the molecule is CC/C=C(\C=C/C(C)C1C=CNN=C1)C(CNCCO)c1ccc(Cl)cc1. The number of nitrogens with zero attached hydrogens (tertiary/aromatic N) is 1. The second-order valence-corrected chi connectivity index (χ2v) is 7.14. The highest BCUT2D eigenvalue weighted by Gasteiger charge is 2.16. The minimum absolute atomic E-state index is 0.133. The van der Waals surface area contributed by atoms with Crippen LogP contribution in [-0.4, -0.2) is 31.0 Å². The minimum atomic E-state index is 0.133. The molecule has 146 valence electrons. The van der Waals surface area contributed by atoms with Crippen LogP contribution in [0, 0.1) is 11.8 Å². The molecule has 5 heteroatoms. The molecule has 0 bridgehead atoms. The maximum Gasteiger partial charge on any atom is 0.0555 e. The van der Waals surface area contributed by atoms with Gasteiger partial charge in [0.05, 0.1) is 6.61 Å². The molecule has 0 saturated carbocycles. The van der Waals surface area contributed by atoms with Gasteiger partial charge in [0.15, 0.2) is 0 Å². The average Bonchev–Trinajstić information content (AvgIpc) is 2.70. The highest BCUT2D eigenvalue weighted by atomic mass is 35.5. The summed E-state index contributed by atoms with van der Waals surface area (Å²) in [5.41, 5.74) is 5.33. The number of allylic oxidation sites excluding steroid dienone is 4. The van der Waals surface area contributed by atoms with Crippen molar-refractivity contribution in [2.24, 2.45) is 16.9 Å². The lowest BCUT2D eigenvalue weighted by Crippen LogP contribution is -2.25. The van der Waals surface area contributed by atoms with Crippen LogP contribution in [-0.2, 0) is 0 Å². The first kappa shape index (κ1) is 21.4. The molecule has 1 aliphatic heterocycles. The maximum absolute atomic E-state index is 9.12. The van der Waals surface area contributed by atoms with E-state index in [1.165, 1.54) is 11.1 Å². The van der Waals surface area contributed by atoms with E-state index in [2.05, 4.69) is 66.1 Å². The highest BCUT2D eigenvalue weighted by molar-refractivity contribution is 6.30. The Morgan fingerprint density at radius 2 is 2.15 bits per heavy atom. The molecular weight excluding hydrogens is 358 g/mol. The molecule has 3 atom stereocenters. The molecule has 3 N–H and O–H groups in total. The summed E-state index contributed by atoms with van der Waals surface area (Å²) < 4.78 is 0. The Bertz CT molecular complexity index is 667. The van der Waals surface area contributed by atoms with Crippen LogP contribution in [0.5, 0.6) is 0 Å². The summed E-state index contributed by atoms with van der Waals surface area (Å²) in [5, 5.41) is 17.3. The molecule has 1 aliphatic rings. The van der Waals surface area contributed by atoms with Crippen LogP contribution >= 0.6 is 11.6 Å². The van der Waals surface area contributed by atoms with Crippen molar-refractivity contribution < 1.29 is 5.11 Å². The van der Waals surface area contributed by atoms with Gasteiger partial charge in [-0.25, -0.2) is 0 Å². The normalized spacial score (nSPS) is 19.3. The lowest BCUT2D eigenvalue weighted by molar-refractivity contribution is 0.292. The number of rotatable bonds is 10. The van der Waals surface area contributed by atoms with Gasteiger partial charge in [0.2, 0.25) is 0 Å². The van der Waals surface area contributed by atoms with Gasteiger partial charge in [0.1, 0.15) is 0 Å². The van der Waals surface area contributed by atoms with E-state index >= 15 is 0 Å². The predicted octanol–water partition coefficient (Wildman–Crippen LogP) is 4.25. The van der Waals surface area contributed by atoms with Gasteiger partial charge in [0.25, 0.3) is 0 Å². The van der Waals surface area contributed by atoms with Gasteiger partial charge in [-0.15, -0.1) is 0 Å². The fourth-order valence-corrected chi connectivity index (χ4v) is 3.22. The number of benzene rings is 1. The summed E-state index contributed by atoms with van der Waals surface area (Å²) in [7, 11) is 0. The van der Waals surface area contributed by atoms with E-state index in [9.17, 15) is 0 Å². The summed E-state index contributed by atoms with van der Waals surface area (Å²) in [6.45, 7) is 5.84. The van der Waals surface area contributed by atoms with Gasteiger partial charge in [-0.1, -0.05) is 61.9 Å². The maximum atomic E-state index is 9.12. The number of nitrogens with one attached hydrogen (secondary N) is 2. The third kappa shape index (κ3) is 6.98. The van der Waals surface area contributed by atoms with Crippen LogP contribution in [0.15, 0.2) is 65.4 Å². The number of hydrazone groups is 1. The first-order valence-electron chi connectivity index (χ1n) is 9.56. The Kier molecular flexibility index (Phi) is 9.32. The van der Waals surface area contributed by atoms with Crippen LogP contribution in [0.3, 0.4) is 0 Å². The van der Waals surface area contributed by atoms with Gasteiger partial charge >= 0.3 is 0 Å². The van der Waals surface area contributed by atoms with Crippen molar-refractivity contribution in [3.05, 3.63) is 70.9 Å². The molecule has 0 saturated heterocycles. The standard InChI is InChI=1S/C22H30ClN3O/c1-3-4-18(6-5-17(2)20-11-12-25-26-15-20)22(16-24-13-14-27)19-7-9-21(23)10-8-19/h4-12,15,17,20,22,24-25,27H,3,13-14,16H2,1-2H3/b6-5-,18-4+. The predicted molar refractivity (Wildman–Crippen MR) is 115 cm³/mol. The van der Waals surface area contributed by atoms with Crippen molar-refractivity contribution in [1.82, 2.24) is 10.7 Å². The Balaban J connectivity index is 2.21. The molecule has 0 spiro atoms. The third-order valence-electron chi connectivity index (χ3n) is 4.67. The number of hydrogen-bond donors (Lipinski definition) is 3. The van der Waals surface area contributed by atoms with E-state index in [-0.39, 0.29) is 12.5 Å². The van der Waals surface area contributed by atoms with Crippen molar-refractivity contribution in [3.8, 4) is 0 Å². The van der Waals surface area contributed by atoms with Crippen molar-refractivity contribution in [2.75, 3.05) is 19.7 Å². The van der Waals surface area contributed by atoms with Crippen molar-refractivity contribution in [3.63, 3.8) is 0 Å². The van der Waals surface area contributed by atoms with E-state index in [4.69, 9.17) is 16.7 Å². The topological polar surface area (TPSA) is 56.7 Å². The molecule has 0 fully saturated rings. The molecule has 27 heavy (non-hydrogen) atoms. The summed E-state index contributed by atoms with van der Waals surface area (Å²) >= 11 is 6.07. The van der Waals surface area contributed by atoms with E-state index in [0.29, 0.717) is 18.4 Å². The lowest BCUT2D eigenvalue weighted by Gasteiger charge is -2.21. The molecule has 0 radical (unpaired) electrons. The molecule has 1 aromatic rings. The highest BCUT2D eigenvalue weighted by Crippen LogP contribution is 2.28. The van der Waals surface area contributed by atoms with Crippen LogP contribution in [0.4, 0.5) is 0 Å². The number of aliphatic hydroxyl groups excluding tert-OH is 1. The summed E-state index contributed by atoms with van der Waals surface area (Å²) in [6.07, 6.45) is 13.7. The van der Waals surface area contributed by atoms with Crippen LogP contribution in [0.2, 0.25) is 5.02 Å². The zero-order valence-electron chi connectivity index (χ0n) is 16.1. The van der Waals surface area contributed by atoms with E-state index in [1.807, 2.05) is 24.5 Å². The van der Waals surface area contributed by atoms with Crippen LogP contribution in [0.1, 0.15) is 31.7 Å². The zero-order valence-corrected chi connectivity index (χ0v) is 16.9. The van der Waals surface area contributed by atoms with Crippen molar-refractivity contribution in [1.29, 1.82) is 0 Å². The Morgan fingerprint density at radius 1 is 1.37 bits per heavy atom. The fraction of sp³-hybridized carbons (Fsp3) is 0.409. The third-order valence-corrected chi connectivity index (χ3v) is 4.92. The van der Waals surface area contributed by atoms with E-state index < -0.39 is 0 Å². The Hall–Kier alpha value is -1.88. The van der Waals surface area contributed by atoms with Crippen LogP contribution < -0.4 is 10.7 Å². The molecule has 0 amide bonds. The van der Waals surface area contributed by atoms with Crippen LogP contribution in [0.25, 0.3) is 0 Å². The molecule has 4 nitrogen and oxygen atoms in total. The van der Waals surface area contributed by atoms with Gasteiger partial charge < -0.3 is 10.4 Å². The molecule has 0 aliphatic carbocycles. The smallest absolute Gasteiger partial charge is 0.0555 e. The number of halogens is 1. The quantitative estimate of drug-likeness (QED) is 0.415. The minimum Gasteiger partial charge on any atom is -0.395 e. The Morgan fingerprint density at radius 3 is 2.78 bits per heavy atom. The van der Waals surface area contributed by atoms with Crippen molar-refractivity contribution >= 4 is 17.8 Å². The summed E-state index contributed by atoms with van der Waals surface area (Å²) in [6, 6.07) is 8.03. The monoisotopic (exact) mass is 387 g/mol. The molecule has 1 aromatic carbocycles. The van der Waals surface area contributed by atoms with Gasteiger partial charge in [-0.2, -0.15) is 5.10 Å². The molecule has 3 unspecified atom stereocenters. The first-order valence-corrected chi connectivity index (χ1v) is 9.94.